The zero-order valence-corrected chi connectivity index (χ0v) is 36.4. The Hall–Kier alpha value is -8.52. The average molecular weight is 840 g/mol. The molecule has 0 atom stereocenters. The first-order valence-electron chi connectivity index (χ1n) is 22.8. The molecule has 10 aromatic rings. The highest BCUT2D eigenvalue weighted by Gasteiger charge is 2.51. The molecule has 0 saturated heterocycles. The van der Waals surface area contributed by atoms with Crippen LogP contribution in [-0.4, -0.2) is 0 Å². The molecule has 0 N–H and O–H groups in total. The molecule has 0 heterocycles. The van der Waals surface area contributed by atoms with Gasteiger partial charge in [0.25, 0.3) is 0 Å². The van der Waals surface area contributed by atoms with Crippen molar-refractivity contribution in [2.75, 3.05) is 4.90 Å². The van der Waals surface area contributed by atoms with Crippen molar-refractivity contribution in [1.29, 1.82) is 0 Å². The molecule has 0 radical (unpaired) electrons. The monoisotopic (exact) mass is 839 g/mol. The van der Waals surface area contributed by atoms with E-state index >= 15 is 0 Å². The first-order chi connectivity index (χ1) is 32.8. The van der Waals surface area contributed by atoms with Gasteiger partial charge >= 0.3 is 0 Å². The highest BCUT2D eigenvalue weighted by atomic mass is 15.1. The average Bonchev–Trinajstić information content (AvgIpc) is 3.86. The van der Waals surface area contributed by atoms with Crippen molar-refractivity contribution in [3.63, 3.8) is 0 Å². The maximum Gasteiger partial charge on any atom is 0.0726 e. The van der Waals surface area contributed by atoms with Crippen LogP contribution in [0, 0.1) is 0 Å². The van der Waals surface area contributed by atoms with Gasteiger partial charge < -0.3 is 4.90 Å². The van der Waals surface area contributed by atoms with Crippen molar-refractivity contribution < 1.29 is 0 Å². The van der Waals surface area contributed by atoms with Gasteiger partial charge in [0.1, 0.15) is 0 Å². The molecule has 2 aliphatic rings. The number of rotatable bonds is 7. The highest BCUT2D eigenvalue weighted by Crippen LogP contribution is 2.63. The molecular weight excluding hydrogens is 795 g/mol. The minimum absolute atomic E-state index is 0.451. The second-order valence-corrected chi connectivity index (χ2v) is 17.2. The van der Waals surface area contributed by atoms with Gasteiger partial charge in [-0.05, 0) is 125 Å². The predicted molar refractivity (Wildman–Crippen MR) is 277 cm³/mol. The van der Waals surface area contributed by atoms with Gasteiger partial charge in [0, 0.05) is 17.1 Å². The molecule has 10 aromatic carbocycles. The van der Waals surface area contributed by atoms with E-state index in [0.29, 0.717) is 0 Å². The molecule has 0 aromatic heterocycles. The van der Waals surface area contributed by atoms with Gasteiger partial charge in [-0.2, -0.15) is 0 Å². The number of anilines is 3. The first kappa shape index (κ1) is 39.1. The molecule has 0 amide bonds. The van der Waals surface area contributed by atoms with E-state index in [1.165, 1.54) is 83.5 Å². The summed E-state index contributed by atoms with van der Waals surface area (Å²) in [5.41, 5.74) is 22.8. The second-order valence-electron chi connectivity index (χ2n) is 17.2. The standard InChI is InChI=1S/C65H45N/c1-2-4-8-20-46(21-9-5-3-1)48-32-34-51(35-33-48)55-42-40-53(44-60(55)50-24-12-7-13-25-50)66(52-38-36-49(37-39-52)47-22-10-6-11-23-47)54-41-43-59-58-28-16-19-31-63(58)65(64(59)45-54)61-29-17-14-26-56(61)57-27-15-18-30-62(57)65/h1-45H. The molecule has 0 saturated carbocycles. The van der Waals surface area contributed by atoms with Crippen molar-refractivity contribution in [3.05, 3.63) is 295 Å². The lowest BCUT2D eigenvalue weighted by Gasteiger charge is -2.32. The van der Waals surface area contributed by atoms with Crippen LogP contribution < -0.4 is 4.90 Å². The second kappa shape index (κ2) is 16.6. The van der Waals surface area contributed by atoms with Crippen molar-refractivity contribution in [2.24, 2.45) is 0 Å². The summed E-state index contributed by atoms with van der Waals surface area (Å²) in [6.45, 7) is 0. The quantitative estimate of drug-likeness (QED) is 0.155. The minimum atomic E-state index is -0.451. The van der Waals surface area contributed by atoms with Crippen LogP contribution >= 0.6 is 0 Å². The molecule has 2 aliphatic carbocycles. The molecule has 310 valence electrons. The number of nitrogens with zero attached hydrogens (tertiary/aromatic N) is 1. The Labute approximate surface area is 387 Å². The lowest BCUT2D eigenvalue weighted by atomic mass is 9.70. The third kappa shape index (κ3) is 6.56. The van der Waals surface area contributed by atoms with Gasteiger partial charge in [-0.1, -0.05) is 237 Å². The molecule has 1 nitrogen and oxygen atoms in total. The lowest BCUT2D eigenvalue weighted by Crippen LogP contribution is -2.26. The van der Waals surface area contributed by atoms with Gasteiger partial charge in [-0.15, -0.1) is 0 Å². The number of hydrogen-bond acceptors (Lipinski definition) is 1. The van der Waals surface area contributed by atoms with Crippen LogP contribution in [-0.2, 0) is 5.41 Å². The summed E-state index contributed by atoms with van der Waals surface area (Å²) in [5, 5.41) is 0. The molecular formula is C65H45N. The Morgan fingerprint density at radius 3 is 1.03 bits per heavy atom. The molecule has 1 heteroatoms. The van der Waals surface area contributed by atoms with Crippen LogP contribution in [0.3, 0.4) is 0 Å². The van der Waals surface area contributed by atoms with Gasteiger partial charge in [-0.25, -0.2) is 0 Å². The van der Waals surface area contributed by atoms with Crippen molar-refractivity contribution in [3.8, 4) is 66.8 Å². The summed E-state index contributed by atoms with van der Waals surface area (Å²) in [4.78, 5) is 2.45. The Balaban J connectivity index is 1.05. The smallest absolute Gasteiger partial charge is 0.0726 e. The lowest BCUT2D eigenvalue weighted by molar-refractivity contribution is 0.793. The van der Waals surface area contributed by atoms with Crippen molar-refractivity contribution in [1.82, 2.24) is 0 Å². The van der Waals surface area contributed by atoms with E-state index < -0.39 is 5.41 Å². The molecule has 0 unspecified atom stereocenters. The molecule has 0 fully saturated rings. The van der Waals surface area contributed by atoms with Gasteiger partial charge in [0.05, 0.1) is 5.41 Å². The van der Waals surface area contributed by atoms with E-state index in [9.17, 15) is 0 Å². The summed E-state index contributed by atoms with van der Waals surface area (Å²) in [6.07, 6.45) is 0. The van der Waals surface area contributed by atoms with E-state index in [0.717, 1.165) is 22.6 Å². The maximum absolute atomic E-state index is 2.48. The van der Waals surface area contributed by atoms with Gasteiger partial charge in [0.15, 0.2) is 0 Å². The molecule has 0 aliphatic heterocycles. The van der Waals surface area contributed by atoms with Crippen LogP contribution in [0.4, 0.5) is 17.1 Å². The molecule has 66 heavy (non-hydrogen) atoms. The normalized spacial score (nSPS) is 12.4. The zero-order valence-electron chi connectivity index (χ0n) is 36.4. The third-order valence-corrected chi connectivity index (χ3v) is 13.6. The fourth-order valence-electron chi connectivity index (χ4n) is 10.6. The van der Waals surface area contributed by atoms with Gasteiger partial charge in [-0.3, -0.25) is 0 Å². The molecule has 1 spiro atoms. The summed E-state index contributed by atoms with van der Waals surface area (Å²) in [7, 11) is 0. The Kier molecular flexibility index (Phi) is 9.81. The van der Waals surface area contributed by atoms with E-state index in [4.69, 9.17) is 0 Å². The summed E-state index contributed by atoms with van der Waals surface area (Å²) < 4.78 is 0. The largest absolute Gasteiger partial charge is 0.310 e. The number of hydrogen-bond donors (Lipinski definition) is 0. The Morgan fingerprint density at radius 2 is 0.515 bits per heavy atom. The van der Waals surface area contributed by atoms with E-state index in [-0.39, 0.29) is 0 Å². The fourth-order valence-corrected chi connectivity index (χ4v) is 10.6. The van der Waals surface area contributed by atoms with Crippen LogP contribution in [0.25, 0.3) is 66.8 Å². The SMILES string of the molecule is c1ccccc(-c2ccc(-c3ccc(N(c4ccc(-c5ccccc5)cc4)c4ccc5c(c4)C4(c6ccccc6-c6ccccc64)c4ccccc4-5)cc3-c3ccccc3)cc2)cccc1. The highest BCUT2D eigenvalue weighted by molar-refractivity contribution is 5.97. The minimum Gasteiger partial charge on any atom is -0.310 e. The summed E-state index contributed by atoms with van der Waals surface area (Å²) >= 11 is 0. The number of fused-ring (bicyclic) bond motifs is 10. The zero-order chi connectivity index (χ0) is 43.9. The van der Waals surface area contributed by atoms with E-state index in [1.807, 2.05) is 6.07 Å². The van der Waals surface area contributed by atoms with Gasteiger partial charge in [0.2, 0.25) is 0 Å². The van der Waals surface area contributed by atoms with E-state index in [1.54, 1.807) is 0 Å². The van der Waals surface area contributed by atoms with Crippen molar-refractivity contribution >= 4 is 17.1 Å². The van der Waals surface area contributed by atoms with Crippen LogP contribution in [0.2, 0.25) is 0 Å². The van der Waals surface area contributed by atoms with E-state index in [2.05, 4.69) is 272 Å². The predicted octanol–water partition coefficient (Wildman–Crippen LogP) is 17.3. The summed E-state index contributed by atoms with van der Waals surface area (Å²) in [6, 6.07) is 99.7. The van der Waals surface area contributed by atoms with Crippen molar-refractivity contribution in [2.45, 2.75) is 5.41 Å². The number of benzene rings is 9. The Morgan fingerprint density at radius 1 is 0.197 bits per heavy atom. The fraction of sp³-hybridized carbons (Fsp3) is 0.0154. The third-order valence-electron chi connectivity index (χ3n) is 13.6. The van der Waals surface area contributed by atoms with Crippen LogP contribution in [0.5, 0.6) is 0 Å². The Bertz CT molecular complexity index is 3370. The van der Waals surface area contributed by atoms with Crippen LogP contribution in [0.15, 0.2) is 273 Å². The summed E-state index contributed by atoms with van der Waals surface area (Å²) in [5.74, 6) is 0. The van der Waals surface area contributed by atoms with Crippen LogP contribution in [0.1, 0.15) is 22.3 Å². The first-order valence-corrected chi connectivity index (χ1v) is 22.8. The topological polar surface area (TPSA) is 3.24 Å². The molecule has 0 bridgehead atoms. The maximum atomic E-state index is 2.48. The molecule has 12 rings (SSSR count).